The summed E-state index contributed by atoms with van der Waals surface area (Å²) < 4.78 is 94.4. The highest BCUT2D eigenvalue weighted by Crippen LogP contribution is 2.55. The SMILES string of the molecule is CCOP(=O)(CNc1c(N)ccc2c(S(N)(=O)=O)cccc12)OCC.CCOP(=O)(OCC)C(CC)Nc1c(N)ccc2c(S(N)(=O)=O)cccc12. The third-order valence-electron chi connectivity index (χ3n) is 7.52. The number of nitrogens with one attached hydrogen (secondary N) is 2. The number of hydrogen-bond acceptors (Lipinski definition) is 14. The second-order valence-electron chi connectivity index (χ2n) is 11.1. The van der Waals surface area contributed by atoms with Crippen molar-refractivity contribution >= 4 is 79.5 Å². The average Bonchev–Trinajstić information content (AvgIpc) is 3.06. The van der Waals surface area contributed by atoms with Crippen LogP contribution in [0.2, 0.25) is 0 Å². The van der Waals surface area contributed by atoms with Crippen LogP contribution in [0.5, 0.6) is 0 Å². The minimum atomic E-state index is -3.91. The summed E-state index contributed by atoms with van der Waals surface area (Å²) in [5.41, 5.74) is 13.8. The summed E-state index contributed by atoms with van der Waals surface area (Å²) in [7, 11) is -14.6. The summed E-state index contributed by atoms with van der Waals surface area (Å²) in [5.74, 6) is -0.650. The summed E-state index contributed by atoms with van der Waals surface area (Å²) in [5, 5.41) is 18.7. The van der Waals surface area contributed by atoms with Gasteiger partial charge in [-0.3, -0.25) is 9.13 Å². The number of primary sulfonamides is 2. The summed E-state index contributed by atoms with van der Waals surface area (Å²) in [4.78, 5) is -0.0141. The largest absolute Gasteiger partial charge is 0.397 e. The van der Waals surface area contributed by atoms with E-state index in [-0.39, 0.29) is 42.5 Å². The van der Waals surface area contributed by atoms with Gasteiger partial charge in [0, 0.05) is 21.5 Å². The Kier molecular flexibility index (Phi) is 15.1. The van der Waals surface area contributed by atoms with Crippen molar-refractivity contribution in [3.05, 3.63) is 60.7 Å². The monoisotopic (exact) mass is 802 g/mol. The first-order valence-electron chi connectivity index (χ1n) is 16.3. The van der Waals surface area contributed by atoms with Crippen LogP contribution in [0.15, 0.2) is 70.5 Å². The van der Waals surface area contributed by atoms with E-state index in [4.69, 9.17) is 39.8 Å². The number of hydrogen-bond donors (Lipinski definition) is 6. The average molecular weight is 803 g/mol. The molecule has 0 saturated heterocycles. The highest BCUT2D eigenvalue weighted by Gasteiger charge is 2.35. The first-order valence-corrected chi connectivity index (χ1v) is 22.8. The molecule has 288 valence electrons. The Morgan fingerprint density at radius 3 is 1.44 bits per heavy atom. The molecule has 1 unspecified atom stereocenters. The van der Waals surface area contributed by atoms with Crippen molar-refractivity contribution in [2.24, 2.45) is 10.3 Å². The lowest BCUT2D eigenvalue weighted by molar-refractivity contribution is 0.213. The van der Waals surface area contributed by atoms with E-state index in [1.807, 2.05) is 6.92 Å². The van der Waals surface area contributed by atoms with Crippen LogP contribution in [0.3, 0.4) is 0 Å². The molecule has 10 N–H and O–H groups in total. The summed E-state index contributed by atoms with van der Waals surface area (Å²) in [6.07, 6.45) is 0.347. The van der Waals surface area contributed by atoms with E-state index >= 15 is 0 Å². The van der Waals surface area contributed by atoms with E-state index in [0.717, 1.165) is 0 Å². The van der Waals surface area contributed by atoms with Gasteiger partial charge in [0.25, 0.3) is 0 Å². The molecule has 0 aromatic heterocycles. The number of rotatable bonds is 17. The third kappa shape index (κ3) is 10.4. The predicted octanol–water partition coefficient (Wildman–Crippen LogP) is 6.19. The van der Waals surface area contributed by atoms with Crippen molar-refractivity contribution < 1.29 is 44.1 Å². The Morgan fingerprint density at radius 1 is 0.615 bits per heavy atom. The van der Waals surface area contributed by atoms with Gasteiger partial charge < -0.3 is 40.2 Å². The molecule has 0 amide bonds. The molecule has 4 aromatic rings. The Labute approximate surface area is 305 Å². The number of benzene rings is 4. The quantitative estimate of drug-likeness (QED) is 0.0514. The molecule has 4 rings (SSSR count). The predicted molar refractivity (Wildman–Crippen MR) is 207 cm³/mol. The molecule has 20 heteroatoms. The van der Waals surface area contributed by atoms with Crippen LogP contribution in [0.1, 0.15) is 41.0 Å². The molecular weight excluding hydrogens is 754 g/mol. The van der Waals surface area contributed by atoms with Crippen LogP contribution in [-0.4, -0.2) is 55.3 Å². The summed E-state index contributed by atoms with van der Waals surface area (Å²) >= 11 is 0. The molecule has 0 aliphatic rings. The van der Waals surface area contributed by atoms with Crippen molar-refractivity contribution in [3.63, 3.8) is 0 Å². The van der Waals surface area contributed by atoms with E-state index in [1.165, 1.54) is 12.1 Å². The second-order valence-corrected chi connectivity index (χ2v) is 18.4. The smallest absolute Gasteiger partial charge is 0.352 e. The molecule has 0 aliphatic heterocycles. The van der Waals surface area contributed by atoms with E-state index in [2.05, 4.69) is 10.6 Å². The van der Waals surface area contributed by atoms with Gasteiger partial charge in [0.2, 0.25) is 20.0 Å². The van der Waals surface area contributed by atoms with Gasteiger partial charge in [-0.05, 0) is 58.4 Å². The topological polar surface area (TPSA) is 267 Å². The molecule has 0 bridgehead atoms. The maximum atomic E-state index is 13.2. The highest BCUT2D eigenvalue weighted by molar-refractivity contribution is 7.89. The fourth-order valence-corrected chi connectivity index (χ4v) is 10.2. The zero-order chi connectivity index (χ0) is 38.9. The Balaban J connectivity index is 0.000000281. The van der Waals surface area contributed by atoms with E-state index in [1.54, 1.807) is 76.2 Å². The minimum absolute atomic E-state index is 0.00565. The van der Waals surface area contributed by atoms with Crippen molar-refractivity contribution in [1.29, 1.82) is 0 Å². The number of sulfonamides is 2. The zero-order valence-electron chi connectivity index (χ0n) is 29.7. The molecular formula is C32H48N6O10P2S2. The van der Waals surface area contributed by atoms with Crippen LogP contribution in [0, 0.1) is 0 Å². The highest BCUT2D eigenvalue weighted by atomic mass is 32.2. The van der Waals surface area contributed by atoms with Crippen LogP contribution < -0.4 is 32.4 Å². The molecule has 0 fully saturated rings. The second kappa shape index (κ2) is 18.2. The van der Waals surface area contributed by atoms with Crippen LogP contribution in [0.25, 0.3) is 21.5 Å². The first-order chi connectivity index (χ1) is 24.4. The fourth-order valence-electron chi connectivity index (χ4n) is 5.39. The van der Waals surface area contributed by atoms with Gasteiger partial charge in [0.05, 0.1) is 59.0 Å². The summed E-state index contributed by atoms with van der Waals surface area (Å²) in [6, 6.07) is 15.8. The van der Waals surface area contributed by atoms with Gasteiger partial charge in [-0.1, -0.05) is 43.3 Å². The molecule has 16 nitrogen and oxygen atoms in total. The minimum Gasteiger partial charge on any atom is -0.397 e. The van der Waals surface area contributed by atoms with Crippen LogP contribution >= 0.6 is 15.2 Å². The molecule has 0 heterocycles. The van der Waals surface area contributed by atoms with E-state index < -0.39 is 41.0 Å². The lowest BCUT2D eigenvalue weighted by Gasteiger charge is -2.28. The maximum Gasteiger partial charge on any atom is 0.352 e. The van der Waals surface area contributed by atoms with Crippen LogP contribution in [0.4, 0.5) is 22.7 Å². The number of nitrogens with two attached hydrogens (primary N) is 4. The number of nitrogen functional groups attached to an aromatic ring is 2. The zero-order valence-corrected chi connectivity index (χ0v) is 33.1. The molecule has 0 radical (unpaired) electrons. The third-order valence-corrected chi connectivity index (χ3v) is 13.8. The van der Waals surface area contributed by atoms with E-state index in [9.17, 15) is 26.0 Å². The molecule has 0 spiro atoms. The van der Waals surface area contributed by atoms with Gasteiger partial charge in [-0.25, -0.2) is 27.1 Å². The lowest BCUT2D eigenvalue weighted by atomic mass is 10.1. The molecule has 0 aliphatic carbocycles. The Bertz CT molecular complexity index is 2170. The number of fused-ring (bicyclic) bond motifs is 2. The number of anilines is 4. The molecule has 1 atom stereocenters. The summed E-state index contributed by atoms with van der Waals surface area (Å²) in [6.45, 7) is 9.70. The first kappa shape index (κ1) is 43.1. The van der Waals surface area contributed by atoms with Gasteiger partial charge >= 0.3 is 15.2 Å². The fraction of sp³-hybridized carbons (Fsp3) is 0.375. The van der Waals surface area contributed by atoms with Gasteiger partial charge in [-0.15, -0.1) is 0 Å². The van der Waals surface area contributed by atoms with Gasteiger partial charge in [-0.2, -0.15) is 0 Å². The molecule has 0 saturated carbocycles. The van der Waals surface area contributed by atoms with E-state index in [0.29, 0.717) is 50.7 Å². The van der Waals surface area contributed by atoms with Crippen molar-refractivity contribution in [2.75, 3.05) is 54.8 Å². The van der Waals surface area contributed by atoms with Gasteiger partial charge in [0.1, 0.15) is 12.1 Å². The lowest BCUT2D eigenvalue weighted by Crippen LogP contribution is -2.23. The van der Waals surface area contributed by atoms with Crippen LogP contribution in [-0.2, 0) is 47.3 Å². The van der Waals surface area contributed by atoms with Gasteiger partial charge in [0.15, 0.2) is 0 Å². The van der Waals surface area contributed by atoms with Crippen molar-refractivity contribution in [3.8, 4) is 0 Å². The maximum absolute atomic E-state index is 13.2. The van der Waals surface area contributed by atoms with Crippen molar-refractivity contribution in [1.82, 2.24) is 0 Å². The molecule has 52 heavy (non-hydrogen) atoms. The molecule has 4 aromatic carbocycles. The Hall–Kier alpha value is -3.28. The normalized spacial score (nSPS) is 13.1. The Morgan fingerprint density at radius 2 is 1.04 bits per heavy atom. The van der Waals surface area contributed by atoms with Crippen molar-refractivity contribution in [2.45, 2.75) is 56.6 Å². The standard InChI is InChI=1S/C17H26N3O5PS.C15H22N3O5PS/c1-4-16(26(21,24-5-2)25-6-3)20-17-13-8-7-9-15(27(19,22)23)12(13)10-11-14(17)18;1-3-22-24(19,23-4-2)10-18-15-12-6-5-7-14(25(17,20)21)11(12)8-9-13(15)16/h7-11,16,20H,4-6,18H2,1-3H3,(H2,19,22,23);5-9,18H,3-4,10,16H2,1-2H3,(H2,17,20,21).